The highest BCUT2D eigenvalue weighted by atomic mass is 16.5. The number of ketones is 1. The number of hydrogen-bond acceptors (Lipinski definition) is 3. The number of unbranched alkanes of at least 4 members (excludes halogenated alkanes) is 1. The van der Waals surface area contributed by atoms with Crippen molar-refractivity contribution in [3.8, 4) is 5.75 Å². The van der Waals surface area contributed by atoms with Gasteiger partial charge in [-0.15, -0.1) is 0 Å². The van der Waals surface area contributed by atoms with Crippen molar-refractivity contribution in [1.82, 2.24) is 5.32 Å². The number of allylic oxidation sites excluding steroid dienone is 2. The minimum Gasteiger partial charge on any atom is -0.493 e. The second-order valence-corrected chi connectivity index (χ2v) is 8.56. The normalized spacial score (nSPS) is 21.0. The summed E-state index contributed by atoms with van der Waals surface area (Å²) in [6.45, 7) is 4.91. The van der Waals surface area contributed by atoms with Crippen molar-refractivity contribution in [3.63, 3.8) is 0 Å². The fourth-order valence-electron chi connectivity index (χ4n) is 4.71. The third-order valence-corrected chi connectivity index (χ3v) is 6.45. The number of para-hydroxylation sites is 1. The van der Waals surface area contributed by atoms with E-state index in [2.05, 4.69) is 43.4 Å². The van der Waals surface area contributed by atoms with Crippen molar-refractivity contribution in [1.29, 1.82) is 0 Å². The largest absolute Gasteiger partial charge is 0.493 e. The number of ether oxygens (including phenoxy) is 1. The molecule has 1 N–H and O–H groups in total. The molecule has 0 saturated heterocycles. The zero-order chi connectivity index (χ0) is 21.8. The summed E-state index contributed by atoms with van der Waals surface area (Å²) >= 11 is 0. The lowest BCUT2D eigenvalue weighted by Crippen LogP contribution is -2.38. The van der Waals surface area contributed by atoms with Gasteiger partial charge in [-0.2, -0.15) is 0 Å². The van der Waals surface area contributed by atoms with Crippen LogP contribution in [-0.4, -0.2) is 18.3 Å². The van der Waals surface area contributed by atoms with Crippen molar-refractivity contribution >= 4 is 11.7 Å². The summed E-state index contributed by atoms with van der Waals surface area (Å²) in [4.78, 5) is 26.0. The molecule has 0 bridgehead atoms. The maximum Gasteiger partial charge on any atom is 0.225 e. The predicted molar refractivity (Wildman–Crippen MR) is 122 cm³/mol. The molecule has 0 fully saturated rings. The molecule has 2 unspecified atom stereocenters. The Labute approximate surface area is 184 Å². The van der Waals surface area contributed by atoms with Gasteiger partial charge < -0.3 is 10.1 Å². The van der Waals surface area contributed by atoms with Crippen LogP contribution in [-0.2, 0) is 16.0 Å². The van der Waals surface area contributed by atoms with E-state index in [1.807, 2.05) is 24.3 Å². The summed E-state index contributed by atoms with van der Waals surface area (Å²) in [5.41, 5.74) is 4.96. The van der Waals surface area contributed by atoms with Crippen molar-refractivity contribution in [3.05, 3.63) is 76.5 Å². The minimum atomic E-state index is -0.238. The molecule has 4 heteroatoms. The predicted octanol–water partition coefficient (Wildman–Crippen LogP) is 5.43. The van der Waals surface area contributed by atoms with Gasteiger partial charge in [0.2, 0.25) is 5.91 Å². The molecule has 31 heavy (non-hydrogen) atoms. The maximum absolute atomic E-state index is 13.3. The third kappa shape index (κ3) is 4.58. The average Bonchev–Trinajstić information content (AvgIpc) is 2.79. The van der Waals surface area contributed by atoms with Crippen LogP contribution in [0.4, 0.5) is 0 Å². The standard InChI is InChI=1S/C27H31NO3/c1-3-5-14-31-25-9-7-6-8-21(25)22-17-26(30)28-23-15-20(16-24(29)27(22)23)19-12-10-18(4-2)11-13-19/h6-13,20,22H,3-5,14-17H2,1-2H3,(H,28,30). The van der Waals surface area contributed by atoms with Crippen molar-refractivity contribution in [2.75, 3.05) is 6.61 Å². The number of rotatable bonds is 7. The Morgan fingerprint density at radius 2 is 1.74 bits per heavy atom. The van der Waals surface area contributed by atoms with Crippen LogP contribution in [0.1, 0.15) is 74.5 Å². The Balaban J connectivity index is 1.65. The first-order chi connectivity index (χ1) is 15.1. The lowest BCUT2D eigenvalue weighted by Gasteiger charge is -2.35. The van der Waals surface area contributed by atoms with E-state index >= 15 is 0 Å². The van der Waals surface area contributed by atoms with E-state index in [-0.39, 0.29) is 29.9 Å². The summed E-state index contributed by atoms with van der Waals surface area (Å²) in [5.74, 6) is 0.762. The Hall–Kier alpha value is -2.88. The molecule has 2 aromatic rings. The van der Waals surface area contributed by atoms with Gasteiger partial charge in [0.1, 0.15) is 5.75 Å². The second kappa shape index (κ2) is 9.51. The molecule has 1 aliphatic carbocycles. The van der Waals surface area contributed by atoms with E-state index in [1.54, 1.807) is 0 Å². The summed E-state index contributed by atoms with van der Waals surface area (Å²) < 4.78 is 6.03. The first-order valence-electron chi connectivity index (χ1n) is 11.5. The number of hydrogen-bond donors (Lipinski definition) is 1. The van der Waals surface area contributed by atoms with Crippen molar-refractivity contribution in [2.45, 2.75) is 64.2 Å². The zero-order valence-electron chi connectivity index (χ0n) is 18.4. The van der Waals surface area contributed by atoms with E-state index in [9.17, 15) is 9.59 Å². The number of aryl methyl sites for hydroxylation is 1. The summed E-state index contributed by atoms with van der Waals surface area (Å²) in [6, 6.07) is 16.4. The number of Topliss-reactive ketones (excluding diaryl/α,β-unsaturated/α-hetero) is 1. The van der Waals surface area contributed by atoms with Gasteiger partial charge in [0.05, 0.1) is 6.61 Å². The van der Waals surface area contributed by atoms with Crippen LogP contribution in [0.5, 0.6) is 5.75 Å². The molecule has 4 nitrogen and oxygen atoms in total. The Morgan fingerprint density at radius 1 is 0.968 bits per heavy atom. The monoisotopic (exact) mass is 417 g/mol. The van der Waals surface area contributed by atoms with Crippen LogP contribution in [0.3, 0.4) is 0 Å². The number of carbonyl (C=O) groups is 2. The van der Waals surface area contributed by atoms with Crippen LogP contribution >= 0.6 is 0 Å². The van der Waals surface area contributed by atoms with Gasteiger partial charge in [0, 0.05) is 35.6 Å². The van der Waals surface area contributed by atoms with Crippen LogP contribution in [0, 0.1) is 0 Å². The second-order valence-electron chi connectivity index (χ2n) is 8.56. The lowest BCUT2D eigenvalue weighted by molar-refractivity contribution is -0.122. The van der Waals surface area contributed by atoms with Gasteiger partial charge >= 0.3 is 0 Å². The van der Waals surface area contributed by atoms with E-state index in [1.165, 1.54) is 5.56 Å². The highest BCUT2D eigenvalue weighted by Gasteiger charge is 2.39. The molecule has 162 valence electrons. The molecule has 2 aromatic carbocycles. The van der Waals surface area contributed by atoms with Crippen LogP contribution in [0.15, 0.2) is 59.8 Å². The highest BCUT2D eigenvalue weighted by molar-refractivity contribution is 6.02. The van der Waals surface area contributed by atoms with Crippen molar-refractivity contribution in [2.24, 2.45) is 0 Å². The van der Waals surface area contributed by atoms with Crippen LogP contribution < -0.4 is 10.1 Å². The summed E-state index contributed by atoms with van der Waals surface area (Å²) in [5, 5.41) is 3.02. The number of nitrogens with one attached hydrogen (secondary N) is 1. The lowest BCUT2D eigenvalue weighted by atomic mass is 9.73. The number of benzene rings is 2. The molecule has 0 saturated carbocycles. The molecule has 1 heterocycles. The Kier molecular flexibility index (Phi) is 6.55. The molecule has 1 amide bonds. The molecule has 2 aliphatic rings. The Bertz CT molecular complexity index is 990. The van der Waals surface area contributed by atoms with Gasteiger partial charge in [-0.05, 0) is 42.4 Å². The van der Waals surface area contributed by atoms with Gasteiger partial charge in [-0.1, -0.05) is 62.7 Å². The SMILES string of the molecule is CCCCOc1ccccc1C1CC(=O)NC2=C1C(=O)CC(c1ccc(CC)cc1)C2. The summed E-state index contributed by atoms with van der Waals surface area (Å²) in [7, 11) is 0. The van der Waals surface area contributed by atoms with Crippen LogP contribution in [0.25, 0.3) is 0 Å². The molecule has 0 spiro atoms. The highest BCUT2D eigenvalue weighted by Crippen LogP contribution is 2.44. The van der Waals surface area contributed by atoms with E-state index in [4.69, 9.17) is 4.74 Å². The molecule has 0 radical (unpaired) electrons. The first-order valence-corrected chi connectivity index (χ1v) is 11.5. The summed E-state index contributed by atoms with van der Waals surface area (Å²) in [6.07, 6.45) is 4.49. The van der Waals surface area contributed by atoms with Crippen LogP contribution in [0.2, 0.25) is 0 Å². The van der Waals surface area contributed by atoms with E-state index < -0.39 is 0 Å². The smallest absolute Gasteiger partial charge is 0.225 e. The first kappa shape index (κ1) is 21.4. The molecular formula is C27H31NO3. The van der Waals surface area contributed by atoms with Gasteiger partial charge in [0.15, 0.2) is 5.78 Å². The molecule has 2 atom stereocenters. The van der Waals surface area contributed by atoms with E-state index in [0.717, 1.165) is 47.4 Å². The minimum absolute atomic E-state index is 0.0260. The third-order valence-electron chi connectivity index (χ3n) is 6.45. The molecule has 4 rings (SSSR count). The van der Waals surface area contributed by atoms with Crippen molar-refractivity contribution < 1.29 is 14.3 Å². The fraction of sp³-hybridized carbons (Fsp3) is 0.407. The quantitative estimate of drug-likeness (QED) is 0.611. The van der Waals surface area contributed by atoms with Gasteiger partial charge in [0.25, 0.3) is 0 Å². The number of carbonyl (C=O) groups excluding carboxylic acids is 2. The van der Waals surface area contributed by atoms with E-state index in [0.29, 0.717) is 19.4 Å². The fourth-order valence-corrected chi connectivity index (χ4v) is 4.71. The number of amides is 1. The van der Waals surface area contributed by atoms with Gasteiger partial charge in [-0.3, -0.25) is 9.59 Å². The Morgan fingerprint density at radius 3 is 2.48 bits per heavy atom. The van der Waals surface area contributed by atoms with Gasteiger partial charge in [-0.25, -0.2) is 0 Å². The molecule has 1 aliphatic heterocycles. The maximum atomic E-state index is 13.3. The topological polar surface area (TPSA) is 55.4 Å². The molecule has 0 aromatic heterocycles. The molecular weight excluding hydrogens is 386 g/mol. The zero-order valence-corrected chi connectivity index (χ0v) is 18.4. The average molecular weight is 418 g/mol.